The van der Waals surface area contributed by atoms with Crippen LogP contribution in [0, 0.1) is 6.92 Å². The van der Waals surface area contributed by atoms with Gasteiger partial charge in [-0.05, 0) is 31.2 Å². The van der Waals surface area contributed by atoms with Gasteiger partial charge in [-0.3, -0.25) is 9.59 Å². The van der Waals surface area contributed by atoms with Gasteiger partial charge >= 0.3 is 0 Å². The van der Waals surface area contributed by atoms with Gasteiger partial charge in [0.1, 0.15) is 6.42 Å². The molecule has 0 radical (unpaired) electrons. The number of aryl methyl sites for hydroxylation is 1. The summed E-state index contributed by atoms with van der Waals surface area (Å²) in [5, 5.41) is 3.32. The van der Waals surface area contributed by atoms with E-state index in [1.54, 1.807) is 17.0 Å². The SMILES string of the molecule is CCN1CCN(C(=O)CC(=O)Nc2ccc(C)c(Cl)c2)CC1. The maximum atomic E-state index is 12.1. The molecule has 0 atom stereocenters. The van der Waals surface area contributed by atoms with Gasteiger partial charge < -0.3 is 15.1 Å². The first-order chi connectivity index (χ1) is 10.5. The van der Waals surface area contributed by atoms with E-state index in [0.29, 0.717) is 23.8 Å². The summed E-state index contributed by atoms with van der Waals surface area (Å²) in [7, 11) is 0. The molecule has 0 unspecified atom stereocenters. The van der Waals surface area contributed by atoms with Crippen molar-refractivity contribution in [3.8, 4) is 0 Å². The summed E-state index contributed by atoms with van der Waals surface area (Å²) in [6, 6.07) is 5.31. The lowest BCUT2D eigenvalue weighted by Gasteiger charge is -2.33. The summed E-state index contributed by atoms with van der Waals surface area (Å²) in [4.78, 5) is 28.2. The lowest BCUT2D eigenvalue weighted by molar-refractivity contribution is -0.136. The second-order valence-corrected chi connectivity index (χ2v) is 5.91. The number of benzene rings is 1. The summed E-state index contributed by atoms with van der Waals surface area (Å²) in [6.07, 6.45) is -0.127. The van der Waals surface area contributed by atoms with Gasteiger partial charge in [-0.15, -0.1) is 0 Å². The first-order valence-corrected chi connectivity index (χ1v) is 7.93. The number of nitrogens with one attached hydrogen (secondary N) is 1. The molecule has 1 aromatic carbocycles. The third-order valence-corrected chi connectivity index (χ3v) is 4.35. The van der Waals surface area contributed by atoms with Crippen LogP contribution in [0.2, 0.25) is 5.02 Å². The van der Waals surface area contributed by atoms with Gasteiger partial charge in [0.25, 0.3) is 0 Å². The smallest absolute Gasteiger partial charge is 0.233 e. The van der Waals surface area contributed by atoms with Crippen molar-refractivity contribution in [1.82, 2.24) is 9.80 Å². The predicted molar refractivity (Wildman–Crippen MR) is 88.1 cm³/mol. The van der Waals surface area contributed by atoms with E-state index in [9.17, 15) is 9.59 Å². The minimum Gasteiger partial charge on any atom is -0.340 e. The molecule has 120 valence electrons. The summed E-state index contributed by atoms with van der Waals surface area (Å²) in [5.41, 5.74) is 1.56. The molecule has 0 saturated carbocycles. The summed E-state index contributed by atoms with van der Waals surface area (Å²) in [5.74, 6) is -0.422. The van der Waals surface area contributed by atoms with Crippen molar-refractivity contribution in [2.24, 2.45) is 0 Å². The van der Waals surface area contributed by atoms with Crippen LogP contribution in [-0.2, 0) is 9.59 Å². The Morgan fingerprint density at radius 1 is 1.23 bits per heavy atom. The van der Waals surface area contributed by atoms with Crippen molar-refractivity contribution < 1.29 is 9.59 Å². The number of carbonyl (C=O) groups excluding carboxylic acids is 2. The third-order valence-electron chi connectivity index (χ3n) is 3.94. The number of anilines is 1. The van der Waals surface area contributed by atoms with Crippen LogP contribution in [0.3, 0.4) is 0 Å². The van der Waals surface area contributed by atoms with E-state index in [-0.39, 0.29) is 18.2 Å². The fourth-order valence-corrected chi connectivity index (χ4v) is 2.62. The highest BCUT2D eigenvalue weighted by molar-refractivity contribution is 6.31. The largest absolute Gasteiger partial charge is 0.340 e. The Hall–Kier alpha value is -1.59. The average Bonchev–Trinajstić information content (AvgIpc) is 2.51. The highest BCUT2D eigenvalue weighted by Crippen LogP contribution is 2.20. The molecule has 1 N–H and O–H groups in total. The number of nitrogens with zero attached hydrogens (tertiary/aromatic N) is 2. The quantitative estimate of drug-likeness (QED) is 0.864. The number of rotatable bonds is 4. The van der Waals surface area contributed by atoms with Crippen molar-refractivity contribution in [2.45, 2.75) is 20.3 Å². The maximum Gasteiger partial charge on any atom is 0.233 e. The van der Waals surface area contributed by atoms with E-state index in [0.717, 1.165) is 25.2 Å². The van der Waals surface area contributed by atoms with Crippen molar-refractivity contribution in [1.29, 1.82) is 0 Å². The lowest BCUT2D eigenvalue weighted by Crippen LogP contribution is -2.49. The van der Waals surface area contributed by atoms with Crippen LogP contribution in [-0.4, -0.2) is 54.3 Å². The molecule has 2 rings (SSSR count). The molecule has 6 heteroatoms. The molecule has 2 amide bonds. The molecule has 1 saturated heterocycles. The number of hydrogen-bond donors (Lipinski definition) is 1. The zero-order valence-electron chi connectivity index (χ0n) is 13.1. The first kappa shape index (κ1) is 16.8. The van der Waals surface area contributed by atoms with Crippen molar-refractivity contribution in [2.75, 3.05) is 38.0 Å². The van der Waals surface area contributed by atoms with Gasteiger partial charge in [-0.2, -0.15) is 0 Å². The van der Waals surface area contributed by atoms with E-state index in [4.69, 9.17) is 11.6 Å². The van der Waals surface area contributed by atoms with Crippen molar-refractivity contribution in [3.05, 3.63) is 28.8 Å². The Morgan fingerprint density at radius 2 is 1.91 bits per heavy atom. The van der Waals surface area contributed by atoms with E-state index in [1.807, 2.05) is 13.0 Å². The molecule has 1 fully saturated rings. The Kier molecular flexibility index (Phi) is 5.80. The minimum atomic E-state index is -0.303. The van der Waals surface area contributed by atoms with Crippen LogP contribution in [0.25, 0.3) is 0 Å². The highest BCUT2D eigenvalue weighted by atomic mass is 35.5. The summed E-state index contributed by atoms with van der Waals surface area (Å²) >= 11 is 6.02. The number of amides is 2. The number of halogens is 1. The van der Waals surface area contributed by atoms with E-state index in [2.05, 4.69) is 17.1 Å². The van der Waals surface area contributed by atoms with Gasteiger partial charge in [0.15, 0.2) is 0 Å². The van der Waals surface area contributed by atoms with Gasteiger partial charge in [-0.25, -0.2) is 0 Å². The fraction of sp³-hybridized carbons (Fsp3) is 0.500. The molecule has 0 aliphatic carbocycles. The average molecular weight is 324 g/mol. The maximum absolute atomic E-state index is 12.1. The number of carbonyl (C=O) groups is 2. The fourth-order valence-electron chi connectivity index (χ4n) is 2.44. The number of piperazine rings is 1. The molecule has 1 heterocycles. The Bertz CT molecular complexity index is 554. The molecular weight excluding hydrogens is 302 g/mol. The van der Waals surface area contributed by atoms with Crippen molar-refractivity contribution >= 4 is 29.1 Å². The monoisotopic (exact) mass is 323 g/mol. The van der Waals surface area contributed by atoms with E-state index >= 15 is 0 Å². The molecular formula is C16H22ClN3O2. The Labute approximate surface area is 136 Å². The topological polar surface area (TPSA) is 52.7 Å². The Balaban J connectivity index is 1.84. The summed E-state index contributed by atoms with van der Waals surface area (Å²) in [6.45, 7) is 8.13. The van der Waals surface area contributed by atoms with Gasteiger partial charge in [0.05, 0.1) is 0 Å². The molecule has 1 aliphatic rings. The zero-order chi connectivity index (χ0) is 16.1. The highest BCUT2D eigenvalue weighted by Gasteiger charge is 2.22. The molecule has 22 heavy (non-hydrogen) atoms. The van der Waals surface area contributed by atoms with Crippen LogP contribution in [0.4, 0.5) is 5.69 Å². The molecule has 0 aromatic heterocycles. The molecule has 0 bridgehead atoms. The van der Waals surface area contributed by atoms with Crippen molar-refractivity contribution in [3.63, 3.8) is 0 Å². The molecule has 1 aliphatic heterocycles. The standard InChI is InChI=1S/C16H22ClN3O2/c1-3-19-6-8-20(9-7-19)16(22)11-15(21)18-13-5-4-12(2)14(17)10-13/h4-5,10H,3,6-9,11H2,1-2H3,(H,18,21). The molecule has 5 nitrogen and oxygen atoms in total. The van der Waals surface area contributed by atoms with Crippen LogP contribution in [0.5, 0.6) is 0 Å². The second kappa shape index (κ2) is 7.61. The second-order valence-electron chi connectivity index (χ2n) is 5.50. The Morgan fingerprint density at radius 3 is 2.50 bits per heavy atom. The third kappa shape index (κ3) is 4.45. The normalized spacial score (nSPS) is 15.7. The number of hydrogen-bond acceptors (Lipinski definition) is 3. The van der Waals surface area contributed by atoms with Gasteiger partial charge in [0, 0.05) is 36.9 Å². The van der Waals surface area contributed by atoms with Gasteiger partial charge in [0.2, 0.25) is 11.8 Å². The molecule has 1 aromatic rings. The van der Waals surface area contributed by atoms with Gasteiger partial charge in [-0.1, -0.05) is 24.6 Å². The van der Waals surface area contributed by atoms with E-state index < -0.39 is 0 Å². The van der Waals surface area contributed by atoms with Crippen LogP contribution >= 0.6 is 11.6 Å². The summed E-state index contributed by atoms with van der Waals surface area (Å²) < 4.78 is 0. The predicted octanol–water partition coefficient (Wildman–Crippen LogP) is 2.14. The van der Waals surface area contributed by atoms with E-state index in [1.165, 1.54) is 0 Å². The zero-order valence-corrected chi connectivity index (χ0v) is 13.8. The minimum absolute atomic E-state index is 0.119. The van der Waals surface area contributed by atoms with Crippen LogP contribution in [0.15, 0.2) is 18.2 Å². The van der Waals surface area contributed by atoms with Crippen LogP contribution in [0.1, 0.15) is 18.9 Å². The molecule has 0 spiro atoms. The number of likely N-dealkylation sites (N-methyl/N-ethyl adjacent to an activating group) is 1. The van der Waals surface area contributed by atoms with Crippen LogP contribution < -0.4 is 5.32 Å². The first-order valence-electron chi connectivity index (χ1n) is 7.55. The lowest BCUT2D eigenvalue weighted by atomic mass is 10.2.